The molecule has 0 unspecified atom stereocenters. The zero-order valence-corrected chi connectivity index (χ0v) is 12.9. The normalized spacial score (nSPS) is 15.0. The van der Waals surface area contributed by atoms with Crippen molar-refractivity contribution in [3.63, 3.8) is 0 Å². The van der Waals surface area contributed by atoms with Gasteiger partial charge in [-0.25, -0.2) is 9.67 Å². The molecule has 6 nitrogen and oxygen atoms in total. The van der Waals surface area contributed by atoms with Crippen molar-refractivity contribution in [2.75, 3.05) is 0 Å². The Morgan fingerprint density at radius 3 is 2.86 bits per heavy atom. The average molecular weight is 288 g/mol. The fraction of sp³-hybridized carbons (Fsp3) is 0.667. The third kappa shape index (κ3) is 3.50. The van der Waals surface area contributed by atoms with E-state index in [0.717, 1.165) is 30.9 Å². The summed E-state index contributed by atoms with van der Waals surface area (Å²) >= 11 is 0. The lowest BCUT2D eigenvalue weighted by Crippen LogP contribution is -2.20. The fourth-order valence-corrected chi connectivity index (χ4v) is 2.56. The van der Waals surface area contributed by atoms with E-state index in [9.17, 15) is 0 Å². The number of nitrogens with one attached hydrogen (secondary N) is 1. The van der Waals surface area contributed by atoms with E-state index in [1.807, 2.05) is 4.68 Å². The highest BCUT2D eigenvalue weighted by Crippen LogP contribution is 2.19. The van der Waals surface area contributed by atoms with Crippen molar-refractivity contribution < 1.29 is 0 Å². The summed E-state index contributed by atoms with van der Waals surface area (Å²) < 4.78 is 4.02. The molecule has 1 fully saturated rings. The summed E-state index contributed by atoms with van der Waals surface area (Å²) in [6.07, 6.45) is 8.49. The molecule has 0 amide bonds. The van der Waals surface area contributed by atoms with E-state index in [4.69, 9.17) is 0 Å². The number of nitrogens with zero attached hydrogens (tertiary/aromatic N) is 5. The summed E-state index contributed by atoms with van der Waals surface area (Å²) in [4.78, 5) is 4.34. The van der Waals surface area contributed by atoms with Gasteiger partial charge in [-0.2, -0.15) is 10.2 Å². The molecular formula is C15H24N6. The first kappa shape index (κ1) is 14.3. The Labute approximate surface area is 125 Å². The minimum atomic E-state index is 0.491. The molecule has 1 aliphatic carbocycles. The predicted octanol–water partition coefficient (Wildman–Crippen LogP) is 2.14. The van der Waals surface area contributed by atoms with Gasteiger partial charge in [-0.1, -0.05) is 13.8 Å². The van der Waals surface area contributed by atoms with Gasteiger partial charge in [0.1, 0.15) is 12.2 Å². The summed E-state index contributed by atoms with van der Waals surface area (Å²) in [5.41, 5.74) is 1.04. The number of hydrogen-bond donors (Lipinski definition) is 1. The van der Waals surface area contributed by atoms with Gasteiger partial charge in [0.05, 0.1) is 24.8 Å². The minimum absolute atomic E-state index is 0.491. The molecule has 0 aliphatic heterocycles. The average Bonchev–Trinajstić information content (AvgIpc) is 3.04. The van der Waals surface area contributed by atoms with Crippen molar-refractivity contribution >= 4 is 0 Å². The first-order chi connectivity index (χ1) is 10.3. The van der Waals surface area contributed by atoms with Crippen LogP contribution in [-0.2, 0) is 13.1 Å². The van der Waals surface area contributed by atoms with E-state index in [2.05, 4.69) is 51.3 Å². The first-order valence-corrected chi connectivity index (χ1v) is 7.94. The Bertz CT molecular complexity index is 564. The molecule has 0 saturated heterocycles. The van der Waals surface area contributed by atoms with Crippen LogP contribution in [0.4, 0.5) is 0 Å². The molecule has 6 heteroatoms. The van der Waals surface area contributed by atoms with Gasteiger partial charge < -0.3 is 5.32 Å². The van der Waals surface area contributed by atoms with Gasteiger partial charge in [0.25, 0.3) is 0 Å². The van der Waals surface area contributed by atoms with E-state index in [1.54, 1.807) is 6.33 Å². The van der Waals surface area contributed by atoms with Gasteiger partial charge in [0.15, 0.2) is 0 Å². The summed E-state index contributed by atoms with van der Waals surface area (Å²) in [6.45, 7) is 5.88. The van der Waals surface area contributed by atoms with E-state index in [-0.39, 0.29) is 0 Å². The van der Waals surface area contributed by atoms with Crippen LogP contribution in [0.3, 0.4) is 0 Å². The highest BCUT2D eigenvalue weighted by atomic mass is 15.4. The molecule has 2 aromatic heterocycles. The van der Waals surface area contributed by atoms with Crippen molar-refractivity contribution in [1.82, 2.24) is 29.9 Å². The standard InChI is InChI=1S/C15H24N6/c1-3-14(4-2)20-8-7-13(19-20)10-21-15(17-11-18-21)9-16-12-5-6-12/h7-8,11-12,14,16H,3-6,9-10H2,1-2H3. The summed E-state index contributed by atoms with van der Waals surface area (Å²) in [6, 6.07) is 3.26. The van der Waals surface area contributed by atoms with Gasteiger partial charge in [0, 0.05) is 12.2 Å². The Hall–Kier alpha value is -1.69. The number of hydrogen-bond acceptors (Lipinski definition) is 4. The lowest BCUT2D eigenvalue weighted by atomic mass is 10.2. The van der Waals surface area contributed by atoms with Crippen molar-refractivity contribution in [3.8, 4) is 0 Å². The molecule has 1 N–H and O–H groups in total. The van der Waals surface area contributed by atoms with Gasteiger partial charge in [-0.05, 0) is 31.7 Å². The lowest BCUT2D eigenvalue weighted by molar-refractivity contribution is 0.423. The molecule has 114 valence electrons. The van der Waals surface area contributed by atoms with Crippen LogP contribution in [0.25, 0.3) is 0 Å². The van der Waals surface area contributed by atoms with Crippen molar-refractivity contribution in [1.29, 1.82) is 0 Å². The molecule has 0 spiro atoms. The van der Waals surface area contributed by atoms with Crippen LogP contribution >= 0.6 is 0 Å². The SMILES string of the molecule is CCC(CC)n1ccc(Cn2ncnc2CNC2CC2)n1. The topological polar surface area (TPSA) is 60.6 Å². The Morgan fingerprint density at radius 1 is 1.33 bits per heavy atom. The van der Waals surface area contributed by atoms with Crippen LogP contribution < -0.4 is 5.32 Å². The van der Waals surface area contributed by atoms with Crippen LogP contribution in [0, 0.1) is 0 Å². The Balaban J connectivity index is 1.64. The highest BCUT2D eigenvalue weighted by Gasteiger charge is 2.21. The molecule has 0 radical (unpaired) electrons. The molecular weight excluding hydrogens is 264 g/mol. The molecule has 0 atom stereocenters. The molecule has 1 aliphatic rings. The van der Waals surface area contributed by atoms with Crippen molar-refractivity contribution in [2.45, 2.75) is 64.7 Å². The summed E-state index contributed by atoms with van der Waals surface area (Å²) in [5, 5.41) is 12.5. The highest BCUT2D eigenvalue weighted by molar-refractivity contribution is 5.02. The van der Waals surface area contributed by atoms with E-state index >= 15 is 0 Å². The van der Waals surface area contributed by atoms with E-state index in [1.165, 1.54) is 12.8 Å². The molecule has 0 bridgehead atoms. The predicted molar refractivity (Wildman–Crippen MR) is 80.8 cm³/mol. The van der Waals surface area contributed by atoms with Gasteiger partial charge in [-0.3, -0.25) is 4.68 Å². The van der Waals surface area contributed by atoms with Crippen molar-refractivity contribution in [2.24, 2.45) is 0 Å². The monoisotopic (exact) mass is 288 g/mol. The van der Waals surface area contributed by atoms with E-state index in [0.29, 0.717) is 18.6 Å². The second-order valence-electron chi connectivity index (χ2n) is 5.75. The largest absolute Gasteiger partial charge is 0.307 e. The lowest BCUT2D eigenvalue weighted by Gasteiger charge is -2.12. The van der Waals surface area contributed by atoms with E-state index < -0.39 is 0 Å². The molecule has 1 saturated carbocycles. The summed E-state index contributed by atoms with van der Waals surface area (Å²) in [7, 11) is 0. The van der Waals surface area contributed by atoms with Gasteiger partial charge in [-0.15, -0.1) is 0 Å². The third-order valence-corrected chi connectivity index (χ3v) is 4.11. The minimum Gasteiger partial charge on any atom is -0.307 e. The first-order valence-electron chi connectivity index (χ1n) is 7.94. The van der Waals surface area contributed by atoms with Crippen LogP contribution in [0.1, 0.15) is 57.1 Å². The zero-order valence-electron chi connectivity index (χ0n) is 12.9. The quantitative estimate of drug-likeness (QED) is 0.808. The Morgan fingerprint density at radius 2 is 2.14 bits per heavy atom. The zero-order chi connectivity index (χ0) is 14.7. The fourth-order valence-electron chi connectivity index (χ4n) is 2.56. The Kier molecular flexibility index (Phi) is 4.34. The van der Waals surface area contributed by atoms with Crippen LogP contribution in [-0.4, -0.2) is 30.6 Å². The van der Waals surface area contributed by atoms with Gasteiger partial charge in [0.2, 0.25) is 0 Å². The maximum atomic E-state index is 4.68. The number of rotatable bonds is 8. The molecule has 21 heavy (non-hydrogen) atoms. The maximum absolute atomic E-state index is 4.68. The molecule has 2 aromatic rings. The molecule has 3 rings (SSSR count). The smallest absolute Gasteiger partial charge is 0.141 e. The second kappa shape index (κ2) is 6.39. The van der Waals surface area contributed by atoms with Crippen LogP contribution in [0.15, 0.2) is 18.6 Å². The van der Waals surface area contributed by atoms with Crippen molar-refractivity contribution in [3.05, 3.63) is 30.1 Å². The van der Waals surface area contributed by atoms with Crippen LogP contribution in [0.2, 0.25) is 0 Å². The second-order valence-corrected chi connectivity index (χ2v) is 5.75. The summed E-state index contributed by atoms with van der Waals surface area (Å²) in [5.74, 6) is 0.985. The molecule has 2 heterocycles. The maximum Gasteiger partial charge on any atom is 0.141 e. The third-order valence-electron chi connectivity index (χ3n) is 4.11. The van der Waals surface area contributed by atoms with Gasteiger partial charge >= 0.3 is 0 Å². The molecule has 0 aromatic carbocycles. The number of aromatic nitrogens is 5. The van der Waals surface area contributed by atoms with Crippen LogP contribution in [0.5, 0.6) is 0 Å².